The molecule has 0 spiro atoms. The van der Waals surface area contributed by atoms with Crippen LogP contribution in [0.4, 0.5) is 10.1 Å². The van der Waals surface area contributed by atoms with Crippen LogP contribution >= 0.6 is 11.8 Å². The molecule has 2 heterocycles. The van der Waals surface area contributed by atoms with E-state index < -0.39 is 29.0 Å². The van der Waals surface area contributed by atoms with Crippen molar-refractivity contribution in [3.8, 4) is 5.75 Å². The number of Topliss-reactive ketones (excluding diaryl/α,β-unsaturated/α-hetero) is 1. The number of hydrogen-bond acceptors (Lipinski definition) is 6. The zero-order valence-corrected chi connectivity index (χ0v) is 15.8. The van der Waals surface area contributed by atoms with Crippen molar-refractivity contribution in [3.05, 3.63) is 53.8 Å². The van der Waals surface area contributed by atoms with Gasteiger partial charge in [0.1, 0.15) is 0 Å². The Morgan fingerprint density at radius 3 is 2.79 bits per heavy atom. The molecule has 2 aliphatic rings. The second kappa shape index (κ2) is 6.94. The number of thioether (sulfide) groups is 1. The number of nitrogens with zero attached hydrogens (tertiary/aromatic N) is 1. The first-order chi connectivity index (χ1) is 13.5. The van der Waals surface area contributed by atoms with E-state index in [0.29, 0.717) is 12.1 Å². The highest BCUT2D eigenvalue weighted by Gasteiger charge is 2.58. The zero-order valence-electron chi connectivity index (χ0n) is 14.9. The number of benzene rings is 2. The Morgan fingerprint density at radius 2 is 2.04 bits per heavy atom. The van der Waals surface area contributed by atoms with Gasteiger partial charge in [-0.15, -0.1) is 0 Å². The number of hydrogen-bond donors (Lipinski definition) is 0. The molecule has 1 amide bonds. The predicted octanol–water partition coefficient (Wildman–Crippen LogP) is 3.19. The van der Waals surface area contributed by atoms with Gasteiger partial charge in [-0.05, 0) is 30.3 Å². The fraction of sp³-hybridized carbons (Fsp3) is 0.250. The van der Waals surface area contributed by atoms with E-state index in [1.807, 2.05) is 12.1 Å². The Bertz CT molecular complexity index is 994. The summed E-state index contributed by atoms with van der Waals surface area (Å²) in [6.45, 7) is -0.536. The minimum Gasteiger partial charge on any atom is -0.494 e. The molecular formula is C20H16FNO5S. The molecule has 2 aromatic carbocycles. The number of esters is 1. The molecule has 144 valence electrons. The van der Waals surface area contributed by atoms with Gasteiger partial charge in [-0.1, -0.05) is 23.9 Å². The lowest BCUT2D eigenvalue weighted by Crippen LogP contribution is -2.48. The van der Waals surface area contributed by atoms with Crippen LogP contribution in [0.5, 0.6) is 5.75 Å². The molecule has 1 fully saturated rings. The topological polar surface area (TPSA) is 72.9 Å². The van der Waals surface area contributed by atoms with E-state index >= 15 is 0 Å². The fourth-order valence-electron chi connectivity index (χ4n) is 3.44. The zero-order chi connectivity index (χ0) is 19.9. The SMILES string of the molecule is COc1ccc(C(=O)COC(=O)C23CCC(=O)N2c2ccccc2S3)cc1F. The van der Waals surface area contributed by atoms with Crippen LogP contribution in [-0.4, -0.2) is 36.2 Å². The molecule has 0 bridgehead atoms. The first-order valence-corrected chi connectivity index (χ1v) is 9.43. The Labute approximate surface area is 164 Å². The van der Waals surface area contributed by atoms with E-state index in [0.717, 1.165) is 11.0 Å². The van der Waals surface area contributed by atoms with Gasteiger partial charge in [0.05, 0.1) is 12.8 Å². The first kappa shape index (κ1) is 18.5. The molecule has 6 nitrogen and oxygen atoms in total. The number of ketones is 1. The van der Waals surface area contributed by atoms with Crippen molar-refractivity contribution >= 4 is 35.1 Å². The van der Waals surface area contributed by atoms with Gasteiger partial charge >= 0.3 is 5.97 Å². The minimum atomic E-state index is -1.19. The van der Waals surface area contributed by atoms with E-state index in [-0.39, 0.29) is 23.6 Å². The number of carbonyl (C=O) groups is 3. The highest BCUT2D eigenvalue weighted by molar-refractivity contribution is 8.02. The molecule has 0 N–H and O–H groups in total. The number of para-hydroxylation sites is 1. The second-order valence-electron chi connectivity index (χ2n) is 6.43. The Morgan fingerprint density at radius 1 is 1.25 bits per heavy atom. The number of halogens is 1. The summed E-state index contributed by atoms with van der Waals surface area (Å²) in [4.78, 5) is 38.7. The molecule has 1 saturated heterocycles. The van der Waals surface area contributed by atoms with Crippen molar-refractivity contribution in [1.29, 1.82) is 0 Å². The molecular weight excluding hydrogens is 385 g/mol. The molecule has 2 aromatic rings. The molecule has 28 heavy (non-hydrogen) atoms. The quantitative estimate of drug-likeness (QED) is 0.566. The summed E-state index contributed by atoms with van der Waals surface area (Å²) in [6, 6.07) is 11.0. The van der Waals surface area contributed by atoms with Gasteiger partial charge in [-0.3, -0.25) is 14.5 Å². The maximum atomic E-state index is 13.8. The lowest BCUT2D eigenvalue weighted by molar-refractivity contribution is -0.145. The van der Waals surface area contributed by atoms with E-state index in [4.69, 9.17) is 9.47 Å². The van der Waals surface area contributed by atoms with Crippen LogP contribution in [0, 0.1) is 5.82 Å². The summed E-state index contributed by atoms with van der Waals surface area (Å²) in [5.41, 5.74) is 0.751. The van der Waals surface area contributed by atoms with Crippen LogP contribution in [0.2, 0.25) is 0 Å². The molecule has 0 aromatic heterocycles. The molecule has 1 atom stereocenters. The molecule has 0 saturated carbocycles. The summed E-state index contributed by atoms with van der Waals surface area (Å²) in [6.07, 6.45) is 0.531. The van der Waals surface area contributed by atoms with Crippen LogP contribution in [0.1, 0.15) is 23.2 Å². The Hall–Kier alpha value is -2.87. The van der Waals surface area contributed by atoms with E-state index in [1.54, 1.807) is 12.1 Å². The fourth-order valence-corrected chi connectivity index (χ4v) is 4.85. The van der Waals surface area contributed by atoms with Crippen LogP contribution in [0.15, 0.2) is 47.4 Å². The van der Waals surface area contributed by atoms with E-state index in [9.17, 15) is 18.8 Å². The number of methoxy groups -OCH3 is 1. The van der Waals surface area contributed by atoms with Crippen molar-refractivity contribution in [1.82, 2.24) is 0 Å². The summed E-state index contributed by atoms with van der Waals surface area (Å²) >= 11 is 1.26. The number of rotatable bonds is 5. The van der Waals surface area contributed by atoms with Crippen molar-refractivity contribution in [2.75, 3.05) is 18.6 Å². The number of amides is 1. The smallest absolute Gasteiger partial charge is 0.343 e. The summed E-state index contributed by atoms with van der Waals surface area (Å²) in [5, 5.41) is 0. The molecule has 0 radical (unpaired) electrons. The average molecular weight is 401 g/mol. The van der Waals surface area contributed by atoms with Crippen LogP contribution < -0.4 is 9.64 Å². The second-order valence-corrected chi connectivity index (χ2v) is 7.75. The highest BCUT2D eigenvalue weighted by atomic mass is 32.2. The lowest BCUT2D eigenvalue weighted by Gasteiger charge is -2.28. The number of anilines is 1. The van der Waals surface area contributed by atoms with Gasteiger partial charge in [0.2, 0.25) is 5.91 Å². The predicted molar refractivity (Wildman–Crippen MR) is 100.0 cm³/mol. The number of carbonyl (C=O) groups excluding carboxylic acids is 3. The largest absolute Gasteiger partial charge is 0.494 e. The van der Waals surface area contributed by atoms with E-state index in [2.05, 4.69) is 0 Å². The number of fused-ring (bicyclic) bond motifs is 3. The van der Waals surface area contributed by atoms with Gasteiger partial charge in [0.15, 0.2) is 28.8 Å². The van der Waals surface area contributed by atoms with Crippen molar-refractivity contribution in [2.45, 2.75) is 22.6 Å². The third-order valence-electron chi connectivity index (χ3n) is 4.80. The number of ether oxygens (including phenoxy) is 2. The van der Waals surface area contributed by atoms with Crippen molar-refractivity contribution in [3.63, 3.8) is 0 Å². The Balaban J connectivity index is 1.50. The molecule has 4 rings (SSSR count). The highest BCUT2D eigenvalue weighted by Crippen LogP contribution is 2.56. The van der Waals surface area contributed by atoms with Crippen LogP contribution in [-0.2, 0) is 14.3 Å². The van der Waals surface area contributed by atoms with E-state index in [1.165, 1.54) is 35.9 Å². The van der Waals surface area contributed by atoms with Gasteiger partial charge in [0, 0.05) is 23.3 Å². The lowest BCUT2D eigenvalue weighted by atomic mass is 10.1. The first-order valence-electron chi connectivity index (χ1n) is 8.61. The minimum absolute atomic E-state index is 0.0210. The average Bonchev–Trinajstić information content (AvgIpc) is 3.21. The molecule has 0 aliphatic carbocycles. The van der Waals surface area contributed by atoms with Gasteiger partial charge < -0.3 is 9.47 Å². The summed E-state index contributed by atoms with van der Waals surface area (Å²) < 4.78 is 23.9. The maximum Gasteiger partial charge on any atom is 0.343 e. The van der Waals surface area contributed by atoms with Crippen molar-refractivity contribution in [2.24, 2.45) is 0 Å². The molecule has 8 heteroatoms. The van der Waals surface area contributed by atoms with Gasteiger partial charge in [-0.25, -0.2) is 9.18 Å². The summed E-state index contributed by atoms with van der Waals surface area (Å²) in [7, 11) is 1.33. The third kappa shape index (κ3) is 2.84. The van der Waals surface area contributed by atoms with Crippen molar-refractivity contribution < 1.29 is 28.2 Å². The van der Waals surface area contributed by atoms with Gasteiger partial charge in [0.25, 0.3) is 0 Å². The summed E-state index contributed by atoms with van der Waals surface area (Å²) in [5.74, 6) is -2.00. The molecule has 2 aliphatic heterocycles. The Kier molecular flexibility index (Phi) is 4.58. The standard InChI is InChI=1S/C20H16FNO5S/c1-26-16-7-6-12(10-13(16)21)15(23)11-27-19(25)20-9-8-18(24)22(20)14-4-2-3-5-17(14)28-20/h2-7,10H,8-9,11H2,1H3. The molecule has 1 unspecified atom stereocenters. The maximum absolute atomic E-state index is 13.8. The van der Waals surface area contributed by atoms with Crippen LogP contribution in [0.3, 0.4) is 0 Å². The van der Waals surface area contributed by atoms with Crippen LogP contribution in [0.25, 0.3) is 0 Å². The van der Waals surface area contributed by atoms with Gasteiger partial charge in [-0.2, -0.15) is 0 Å². The normalized spacial score (nSPS) is 19.9. The monoisotopic (exact) mass is 401 g/mol. The third-order valence-corrected chi connectivity index (χ3v) is 6.26.